The van der Waals surface area contributed by atoms with Gasteiger partial charge in [-0.25, -0.2) is 4.98 Å². The van der Waals surface area contributed by atoms with E-state index in [0.717, 1.165) is 5.56 Å². The molecule has 108 valence electrons. The van der Waals surface area contributed by atoms with Crippen molar-refractivity contribution in [1.82, 2.24) is 4.98 Å². The number of allylic oxidation sites excluding steroid dienone is 2. The van der Waals surface area contributed by atoms with Gasteiger partial charge in [0.05, 0.1) is 11.3 Å². The lowest BCUT2D eigenvalue weighted by Crippen LogP contribution is -2.17. The molecule has 1 aliphatic rings. The number of fused-ring (bicyclic) bond motifs is 1. The van der Waals surface area contributed by atoms with Crippen LogP contribution in [0.15, 0.2) is 42.5 Å². The van der Waals surface area contributed by atoms with Gasteiger partial charge >= 0.3 is 0 Å². The maximum absolute atomic E-state index is 12.6. The number of hydrogen-bond donors (Lipinski definition) is 0. The second-order valence-corrected chi connectivity index (χ2v) is 5.27. The first-order chi connectivity index (χ1) is 10.5. The Morgan fingerprint density at radius 2 is 1.73 bits per heavy atom. The Morgan fingerprint density at radius 1 is 1.05 bits per heavy atom. The summed E-state index contributed by atoms with van der Waals surface area (Å²) in [5, 5.41) is 0. The summed E-state index contributed by atoms with van der Waals surface area (Å²) in [6, 6.07) is 10.1. The summed E-state index contributed by atoms with van der Waals surface area (Å²) in [5.74, 6) is -0.652. The van der Waals surface area contributed by atoms with Crippen LogP contribution in [-0.2, 0) is 0 Å². The van der Waals surface area contributed by atoms with Crippen molar-refractivity contribution < 1.29 is 14.4 Å². The van der Waals surface area contributed by atoms with Crippen LogP contribution in [0.5, 0.6) is 0 Å². The molecule has 0 fully saturated rings. The van der Waals surface area contributed by atoms with Crippen molar-refractivity contribution in [1.29, 1.82) is 0 Å². The molecule has 0 aliphatic heterocycles. The van der Waals surface area contributed by atoms with Gasteiger partial charge < -0.3 is 0 Å². The third-order valence-electron chi connectivity index (χ3n) is 3.56. The zero-order chi connectivity index (χ0) is 15.9. The van der Waals surface area contributed by atoms with Crippen LogP contribution in [0.2, 0.25) is 0 Å². The summed E-state index contributed by atoms with van der Waals surface area (Å²) in [6.07, 6.45) is 1.30. The van der Waals surface area contributed by atoms with Crippen molar-refractivity contribution >= 4 is 22.9 Å². The van der Waals surface area contributed by atoms with E-state index >= 15 is 0 Å². The molecule has 0 unspecified atom stereocenters. The van der Waals surface area contributed by atoms with E-state index in [2.05, 4.69) is 4.98 Å². The van der Waals surface area contributed by atoms with Gasteiger partial charge in [0.2, 0.25) is 0 Å². The highest BCUT2D eigenvalue weighted by Crippen LogP contribution is 2.27. The topological polar surface area (TPSA) is 64.1 Å². The molecule has 0 radical (unpaired) electrons. The minimum absolute atomic E-state index is 0.180. The van der Waals surface area contributed by atoms with Crippen LogP contribution in [0.1, 0.15) is 49.4 Å². The fourth-order valence-electron chi connectivity index (χ4n) is 2.49. The third kappa shape index (κ3) is 2.29. The molecule has 4 nitrogen and oxygen atoms in total. The Hall–Kier alpha value is -2.88. The molecule has 1 aromatic heterocycles. The number of pyridine rings is 1. The molecular weight excluding hydrogens is 278 g/mol. The lowest BCUT2D eigenvalue weighted by atomic mass is 9.87. The Bertz CT molecular complexity index is 862. The van der Waals surface area contributed by atoms with E-state index in [1.54, 1.807) is 36.4 Å². The highest BCUT2D eigenvalue weighted by Gasteiger charge is 2.27. The van der Waals surface area contributed by atoms with Gasteiger partial charge in [-0.15, -0.1) is 0 Å². The minimum atomic E-state index is -0.247. The maximum atomic E-state index is 12.6. The molecule has 0 amide bonds. The predicted octanol–water partition coefficient (Wildman–Crippen LogP) is 3.06. The van der Waals surface area contributed by atoms with Crippen molar-refractivity contribution in [2.24, 2.45) is 0 Å². The van der Waals surface area contributed by atoms with Crippen LogP contribution in [0.3, 0.4) is 0 Å². The van der Waals surface area contributed by atoms with E-state index in [9.17, 15) is 14.4 Å². The molecule has 0 spiro atoms. The predicted molar refractivity (Wildman–Crippen MR) is 82.1 cm³/mol. The smallest absolute Gasteiger partial charge is 0.196 e. The number of nitrogens with zero attached hydrogens (tertiary/aromatic N) is 1. The molecule has 2 aromatic rings. The average Bonchev–Trinajstić information content (AvgIpc) is 2.50. The number of aryl methyl sites for hydroxylation is 1. The molecule has 0 atom stereocenters. The number of carbonyl (C=O) groups is 3. The standard InChI is InChI=1S/C18H13NO3/c1-10-7-15(11(2)20)19-16(8-10)14-9-17(21)12-5-3-4-6-13(12)18(14)22/h3-9H,1-2H3. The first-order valence-electron chi connectivity index (χ1n) is 6.87. The summed E-state index contributed by atoms with van der Waals surface area (Å²) in [7, 11) is 0. The van der Waals surface area contributed by atoms with Gasteiger partial charge in [0.15, 0.2) is 17.3 Å². The number of Topliss-reactive ketones (excluding diaryl/α,β-unsaturated/α-hetero) is 2. The number of carbonyl (C=O) groups excluding carboxylic acids is 3. The van der Waals surface area contributed by atoms with Crippen LogP contribution in [-0.4, -0.2) is 22.3 Å². The van der Waals surface area contributed by atoms with Crippen molar-refractivity contribution in [2.45, 2.75) is 13.8 Å². The zero-order valence-electron chi connectivity index (χ0n) is 12.2. The molecule has 22 heavy (non-hydrogen) atoms. The summed E-state index contributed by atoms with van der Waals surface area (Å²) in [5.41, 5.74) is 2.46. The van der Waals surface area contributed by atoms with Crippen molar-refractivity contribution in [3.63, 3.8) is 0 Å². The molecule has 1 aromatic carbocycles. The second-order valence-electron chi connectivity index (χ2n) is 5.27. The molecule has 0 N–H and O–H groups in total. The van der Waals surface area contributed by atoms with Crippen molar-refractivity contribution in [3.05, 3.63) is 70.6 Å². The largest absolute Gasteiger partial charge is 0.293 e. The first-order valence-corrected chi connectivity index (χ1v) is 6.87. The van der Waals surface area contributed by atoms with Crippen molar-refractivity contribution in [2.75, 3.05) is 0 Å². The van der Waals surface area contributed by atoms with Crippen LogP contribution in [0, 0.1) is 6.92 Å². The van der Waals surface area contributed by atoms with Crippen LogP contribution >= 0.6 is 0 Å². The molecular formula is C18H13NO3. The minimum Gasteiger partial charge on any atom is -0.293 e. The molecule has 0 bridgehead atoms. The van der Waals surface area contributed by atoms with Gasteiger partial charge in [0, 0.05) is 18.1 Å². The quantitative estimate of drug-likeness (QED) is 0.798. The first kappa shape index (κ1) is 14.1. The molecule has 0 saturated heterocycles. The van der Waals surface area contributed by atoms with Gasteiger partial charge in [-0.3, -0.25) is 14.4 Å². The zero-order valence-corrected chi connectivity index (χ0v) is 12.2. The average molecular weight is 291 g/mol. The number of benzene rings is 1. The highest BCUT2D eigenvalue weighted by molar-refractivity contribution is 6.38. The van der Waals surface area contributed by atoms with Crippen LogP contribution in [0.4, 0.5) is 0 Å². The monoisotopic (exact) mass is 291 g/mol. The number of aromatic nitrogens is 1. The fourth-order valence-corrected chi connectivity index (χ4v) is 2.49. The molecule has 1 heterocycles. The van der Waals surface area contributed by atoms with Gasteiger partial charge in [-0.1, -0.05) is 24.3 Å². The van der Waals surface area contributed by atoms with Gasteiger partial charge in [-0.2, -0.15) is 0 Å². The Kier molecular flexibility index (Phi) is 3.29. The Labute approximate surface area is 127 Å². The van der Waals surface area contributed by atoms with Gasteiger partial charge in [0.1, 0.15) is 5.69 Å². The third-order valence-corrected chi connectivity index (χ3v) is 3.56. The van der Waals surface area contributed by atoms with E-state index in [1.165, 1.54) is 13.0 Å². The lowest BCUT2D eigenvalue weighted by Gasteiger charge is -2.15. The molecule has 1 aliphatic carbocycles. The van der Waals surface area contributed by atoms with E-state index in [1.807, 2.05) is 6.92 Å². The summed E-state index contributed by atoms with van der Waals surface area (Å²) in [6.45, 7) is 3.24. The summed E-state index contributed by atoms with van der Waals surface area (Å²) < 4.78 is 0. The number of ketones is 3. The van der Waals surface area contributed by atoms with E-state index < -0.39 is 0 Å². The van der Waals surface area contributed by atoms with Crippen molar-refractivity contribution in [3.8, 4) is 0 Å². The number of rotatable bonds is 2. The Morgan fingerprint density at radius 3 is 2.41 bits per heavy atom. The molecule has 4 heteroatoms. The SMILES string of the molecule is CC(=O)c1cc(C)cc(C2=CC(=O)c3ccccc3C2=O)n1. The van der Waals surface area contributed by atoms with Crippen LogP contribution < -0.4 is 0 Å². The Balaban J connectivity index is 2.16. The summed E-state index contributed by atoms with van der Waals surface area (Å²) >= 11 is 0. The van der Waals surface area contributed by atoms with E-state index in [4.69, 9.17) is 0 Å². The molecule has 0 saturated carbocycles. The normalized spacial score (nSPS) is 13.6. The van der Waals surface area contributed by atoms with Gasteiger partial charge in [-0.05, 0) is 30.7 Å². The molecule has 3 rings (SSSR count). The fraction of sp³-hybridized carbons (Fsp3) is 0.111. The van der Waals surface area contributed by atoms with E-state index in [-0.39, 0.29) is 28.6 Å². The van der Waals surface area contributed by atoms with Crippen LogP contribution in [0.25, 0.3) is 5.57 Å². The van der Waals surface area contributed by atoms with Gasteiger partial charge in [0.25, 0.3) is 0 Å². The lowest BCUT2D eigenvalue weighted by molar-refractivity contribution is 0.100. The van der Waals surface area contributed by atoms with E-state index in [0.29, 0.717) is 16.8 Å². The second kappa shape index (κ2) is 5.15. The highest BCUT2D eigenvalue weighted by atomic mass is 16.1. The maximum Gasteiger partial charge on any atom is 0.196 e. The number of hydrogen-bond acceptors (Lipinski definition) is 4. The summed E-state index contributed by atoms with van der Waals surface area (Å²) in [4.78, 5) is 40.6.